The van der Waals surface area contributed by atoms with Crippen LogP contribution in [0, 0.1) is 13.8 Å². The Bertz CT molecular complexity index is 542. The lowest BCUT2D eigenvalue weighted by molar-refractivity contribution is 0.307. The number of hydrogen-bond acceptors (Lipinski definition) is 3. The number of rotatable bonds is 5. The summed E-state index contributed by atoms with van der Waals surface area (Å²) < 4.78 is 5.50. The van der Waals surface area contributed by atoms with Crippen LogP contribution in [0.2, 0.25) is 0 Å². The van der Waals surface area contributed by atoms with Crippen molar-refractivity contribution in [3.05, 3.63) is 59.5 Å². The van der Waals surface area contributed by atoms with Crippen molar-refractivity contribution in [1.82, 2.24) is 4.98 Å². The molecule has 1 rings (SSSR count). The molecule has 0 aliphatic heterocycles. The molecular formula is C16H22N2O. The average molecular weight is 258 g/mol. The first kappa shape index (κ1) is 15.0. The Morgan fingerprint density at radius 2 is 1.84 bits per heavy atom. The first-order chi connectivity index (χ1) is 8.81. The number of hydrogen-bond donors (Lipinski definition) is 1. The highest BCUT2D eigenvalue weighted by molar-refractivity contribution is 5.57. The van der Waals surface area contributed by atoms with Crippen LogP contribution >= 0.6 is 0 Å². The van der Waals surface area contributed by atoms with E-state index >= 15 is 0 Å². The number of nitrogens with one attached hydrogen (secondary N) is 1. The lowest BCUT2D eigenvalue weighted by Crippen LogP contribution is -2.04. The Kier molecular flexibility index (Phi) is 4.93. The molecule has 1 aromatic heterocycles. The van der Waals surface area contributed by atoms with Gasteiger partial charge in [0.05, 0.1) is 5.76 Å². The molecule has 0 saturated carbocycles. The number of aryl methyl sites for hydroxylation is 2. The summed E-state index contributed by atoms with van der Waals surface area (Å²) >= 11 is 0. The maximum absolute atomic E-state index is 5.50. The van der Waals surface area contributed by atoms with Gasteiger partial charge in [-0.05, 0) is 46.2 Å². The number of allylic oxidation sites excluding steroid dienone is 3. The van der Waals surface area contributed by atoms with E-state index in [0.717, 1.165) is 34.0 Å². The van der Waals surface area contributed by atoms with Gasteiger partial charge in [0, 0.05) is 28.8 Å². The van der Waals surface area contributed by atoms with E-state index < -0.39 is 0 Å². The van der Waals surface area contributed by atoms with Crippen LogP contribution < -0.4 is 5.32 Å². The van der Waals surface area contributed by atoms with Crippen LogP contribution in [0.25, 0.3) is 0 Å². The molecule has 0 aliphatic rings. The Labute approximate surface area is 115 Å². The molecule has 0 bridgehead atoms. The van der Waals surface area contributed by atoms with Crippen molar-refractivity contribution in [3.63, 3.8) is 0 Å². The van der Waals surface area contributed by atoms with E-state index in [9.17, 15) is 0 Å². The average Bonchev–Trinajstić information content (AvgIpc) is 2.31. The van der Waals surface area contributed by atoms with E-state index in [4.69, 9.17) is 4.74 Å². The summed E-state index contributed by atoms with van der Waals surface area (Å²) in [4.78, 5) is 4.25. The van der Waals surface area contributed by atoms with Gasteiger partial charge in [-0.3, -0.25) is 4.98 Å². The van der Waals surface area contributed by atoms with Crippen LogP contribution in [-0.2, 0) is 4.74 Å². The van der Waals surface area contributed by atoms with Crippen molar-refractivity contribution in [1.29, 1.82) is 0 Å². The molecule has 19 heavy (non-hydrogen) atoms. The number of ether oxygens (including phenoxy) is 1. The third kappa shape index (κ3) is 4.28. The van der Waals surface area contributed by atoms with Crippen molar-refractivity contribution in [3.8, 4) is 0 Å². The fourth-order valence-electron chi connectivity index (χ4n) is 1.57. The summed E-state index contributed by atoms with van der Waals surface area (Å²) in [7, 11) is 0. The summed E-state index contributed by atoms with van der Waals surface area (Å²) in [6, 6.07) is 2.00. The Hall–Kier alpha value is -2.03. The van der Waals surface area contributed by atoms with Gasteiger partial charge in [-0.25, -0.2) is 0 Å². The molecule has 1 heterocycles. The molecule has 0 aliphatic carbocycles. The topological polar surface area (TPSA) is 34.1 Å². The fourth-order valence-corrected chi connectivity index (χ4v) is 1.57. The molecule has 1 aromatic rings. The van der Waals surface area contributed by atoms with Gasteiger partial charge in [-0.15, -0.1) is 0 Å². The Balaban J connectivity index is 2.90. The van der Waals surface area contributed by atoms with Crippen molar-refractivity contribution < 1.29 is 4.74 Å². The van der Waals surface area contributed by atoms with Gasteiger partial charge < -0.3 is 10.1 Å². The van der Waals surface area contributed by atoms with Crippen LogP contribution in [-0.4, -0.2) is 4.98 Å². The van der Waals surface area contributed by atoms with Crippen LogP contribution in [0.3, 0.4) is 0 Å². The molecule has 0 saturated heterocycles. The number of nitrogens with zero attached hydrogens (tertiary/aromatic N) is 1. The van der Waals surface area contributed by atoms with Crippen molar-refractivity contribution >= 4 is 5.69 Å². The highest BCUT2D eigenvalue weighted by Gasteiger charge is 2.06. The van der Waals surface area contributed by atoms with Gasteiger partial charge in [0.25, 0.3) is 0 Å². The van der Waals surface area contributed by atoms with Crippen molar-refractivity contribution in [2.24, 2.45) is 0 Å². The van der Waals surface area contributed by atoms with Crippen LogP contribution in [0.1, 0.15) is 32.0 Å². The summed E-state index contributed by atoms with van der Waals surface area (Å²) in [5.41, 5.74) is 4.85. The summed E-state index contributed by atoms with van der Waals surface area (Å²) in [6.45, 7) is 17.5. The minimum absolute atomic E-state index is 0.667. The smallest absolute Gasteiger partial charge is 0.105 e. The van der Waals surface area contributed by atoms with Crippen LogP contribution in [0.5, 0.6) is 0 Å². The van der Waals surface area contributed by atoms with E-state index in [1.807, 2.05) is 46.9 Å². The molecule has 0 aromatic carbocycles. The Morgan fingerprint density at radius 3 is 2.42 bits per heavy atom. The molecule has 0 spiro atoms. The second-order valence-electron chi connectivity index (χ2n) is 4.73. The van der Waals surface area contributed by atoms with E-state index in [1.165, 1.54) is 0 Å². The van der Waals surface area contributed by atoms with E-state index in [1.54, 1.807) is 0 Å². The SMILES string of the molecule is C=C(C)O/C(C)=C(\C)C(=C)Nc1cc(C)ncc1C. The first-order valence-corrected chi connectivity index (χ1v) is 6.21. The molecule has 3 nitrogen and oxygen atoms in total. The summed E-state index contributed by atoms with van der Waals surface area (Å²) in [6.07, 6.45) is 1.85. The van der Waals surface area contributed by atoms with E-state index in [-0.39, 0.29) is 0 Å². The second-order valence-corrected chi connectivity index (χ2v) is 4.73. The molecule has 0 fully saturated rings. The summed E-state index contributed by atoms with van der Waals surface area (Å²) in [5.74, 6) is 1.47. The summed E-state index contributed by atoms with van der Waals surface area (Å²) in [5, 5.41) is 3.30. The van der Waals surface area contributed by atoms with E-state index in [2.05, 4.69) is 23.5 Å². The molecule has 0 atom stereocenters. The third-order valence-electron chi connectivity index (χ3n) is 2.83. The van der Waals surface area contributed by atoms with E-state index in [0.29, 0.717) is 5.76 Å². The predicted octanol–water partition coefficient (Wildman–Crippen LogP) is 4.47. The monoisotopic (exact) mass is 258 g/mol. The minimum atomic E-state index is 0.667. The number of pyridine rings is 1. The molecular weight excluding hydrogens is 236 g/mol. The van der Waals surface area contributed by atoms with Gasteiger partial charge in [0.15, 0.2) is 0 Å². The largest absolute Gasteiger partial charge is 0.467 e. The zero-order valence-corrected chi connectivity index (χ0v) is 12.4. The van der Waals surface area contributed by atoms with Gasteiger partial charge in [0.2, 0.25) is 0 Å². The second kappa shape index (κ2) is 6.23. The first-order valence-electron chi connectivity index (χ1n) is 6.21. The van der Waals surface area contributed by atoms with Crippen LogP contribution in [0.15, 0.2) is 48.2 Å². The lowest BCUT2D eigenvalue weighted by Gasteiger charge is -2.15. The Morgan fingerprint density at radius 1 is 1.21 bits per heavy atom. The van der Waals surface area contributed by atoms with Gasteiger partial charge in [-0.2, -0.15) is 0 Å². The zero-order valence-electron chi connectivity index (χ0n) is 12.4. The molecule has 0 amide bonds. The van der Waals surface area contributed by atoms with Crippen LogP contribution in [0.4, 0.5) is 5.69 Å². The number of aromatic nitrogens is 1. The fraction of sp³-hybridized carbons (Fsp3) is 0.312. The lowest BCUT2D eigenvalue weighted by atomic mass is 10.1. The molecule has 1 N–H and O–H groups in total. The third-order valence-corrected chi connectivity index (χ3v) is 2.83. The molecule has 102 valence electrons. The predicted molar refractivity (Wildman–Crippen MR) is 80.7 cm³/mol. The highest BCUT2D eigenvalue weighted by Crippen LogP contribution is 2.21. The minimum Gasteiger partial charge on any atom is -0.467 e. The normalized spacial score (nSPS) is 11.6. The molecule has 3 heteroatoms. The highest BCUT2D eigenvalue weighted by atomic mass is 16.5. The maximum atomic E-state index is 5.50. The quantitative estimate of drug-likeness (QED) is 0.625. The van der Waals surface area contributed by atoms with Gasteiger partial charge >= 0.3 is 0 Å². The number of anilines is 1. The van der Waals surface area contributed by atoms with Crippen molar-refractivity contribution in [2.75, 3.05) is 5.32 Å². The van der Waals surface area contributed by atoms with Gasteiger partial charge in [0.1, 0.15) is 5.76 Å². The molecule has 0 unspecified atom stereocenters. The standard InChI is InChI=1S/C16H22N2O/c1-10(2)19-15(7)13(5)14(6)18-16-8-12(4)17-9-11(16)3/h8-9H,1,6H2,2-5,7H3,(H,17,18)/b15-13+. The zero-order chi connectivity index (χ0) is 14.6. The van der Waals surface area contributed by atoms with Crippen molar-refractivity contribution in [2.45, 2.75) is 34.6 Å². The maximum Gasteiger partial charge on any atom is 0.105 e. The molecule has 0 radical (unpaired) electrons. The van der Waals surface area contributed by atoms with Gasteiger partial charge in [-0.1, -0.05) is 13.2 Å².